The molecule has 0 aliphatic carbocycles. The van der Waals surface area contributed by atoms with Crippen LogP contribution in [0.5, 0.6) is 0 Å². The van der Waals surface area contributed by atoms with E-state index in [4.69, 9.17) is 5.73 Å². The number of rotatable bonds is 4. The topological polar surface area (TPSA) is 46.2 Å². The SMILES string of the molecule is CCC(O)CSc1cccc(C)c1N. The second-order valence-electron chi connectivity index (χ2n) is 3.36. The Kier molecular flexibility index (Phi) is 4.29. The van der Waals surface area contributed by atoms with Crippen LogP contribution in [0.4, 0.5) is 5.69 Å². The second-order valence-corrected chi connectivity index (χ2v) is 4.42. The molecule has 0 radical (unpaired) electrons. The molecule has 1 aromatic carbocycles. The second kappa shape index (κ2) is 5.27. The van der Waals surface area contributed by atoms with Crippen molar-refractivity contribution in [1.29, 1.82) is 0 Å². The van der Waals surface area contributed by atoms with E-state index in [2.05, 4.69) is 0 Å². The Morgan fingerprint density at radius 1 is 1.50 bits per heavy atom. The minimum absolute atomic E-state index is 0.236. The van der Waals surface area contributed by atoms with Crippen molar-refractivity contribution in [1.82, 2.24) is 0 Å². The van der Waals surface area contributed by atoms with E-state index in [1.165, 1.54) is 0 Å². The smallest absolute Gasteiger partial charge is 0.0631 e. The van der Waals surface area contributed by atoms with Gasteiger partial charge in [0.25, 0.3) is 0 Å². The van der Waals surface area contributed by atoms with Gasteiger partial charge < -0.3 is 10.8 Å². The quantitative estimate of drug-likeness (QED) is 0.594. The molecule has 0 heterocycles. The monoisotopic (exact) mass is 211 g/mol. The molecule has 0 bridgehead atoms. The highest BCUT2D eigenvalue weighted by Crippen LogP contribution is 2.27. The van der Waals surface area contributed by atoms with Gasteiger partial charge in [-0.2, -0.15) is 0 Å². The minimum Gasteiger partial charge on any atom is -0.398 e. The average Bonchev–Trinajstić information content (AvgIpc) is 2.20. The van der Waals surface area contributed by atoms with Crippen LogP contribution < -0.4 is 5.73 Å². The maximum Gasteiger partial charge on any atom is 0.0631 e. The van der Waals surface area contributed by atoms with Crippen LogP contribution in [0.2, 0.25) is 0 Å². The summed E-state index contributed by atoms with van der Waals surface area (Å²) in [6, 6.07) is 5.98. The Morgan fingerprint density at radius 2 is 2.21 bits per heavy atom. The Hall–Kier alpha value is -0.670. The first-order valence-electron chi connectivity index (χ1n) is 4.81. The summed E-state index contributed by atoms with van der Waals surface area (Å²) >= 11 is 1.62. The number of thioether (sulfide) groups is 1. The van der Waals surface area contributed by atoms with Crippen molar-refractivity contribution in [2.24, 2.45) is 0 Å². The molecule has 1 rings (SSSR count). The van der Waals surface area contributed by atoms with Gasteiger partial charge in [-0.3, -0.25) is 0 Å². The van der Waals surface area contributed by atoms with E-state index in [-0.39, 0.29) is 6.10 Å². The maximum absolute atomic E-state index is 9.42. The van der Waals surface area contributed by atoms with Crippen LogP contribution in [0.3, 0.4) is 0 Å². The number of nitrogen functional groups attached to an aromatic ring is 1. The van der Waals surface area contributed by atoms with Gasteiger partial charge in [0.1, 0.15) is 0 Å². The third kappa shape index (κ3) is 2.93. The predicted molar refractivity (Wildman–Crippen MR) is 62.6 cm³/mol. The summed E-state index contributed by atoms with van der Waals surface area (Å²) in [6.45, 7) is 3.97. The Bertz CT molecular complexity index is 301. The zero-order chi connectivity index (χ0) is 10.6. The summed E-state index contributed by atoms with van der Waals surface area (Å²) in [5, 5.41) is 9.42. The van der Waals surface area contributed by atoms with E-state index in [1.807, 2.05) is 32.0 Å². The molecule has 0 aliphatic rings. The van der Waals surface area contributed by atoms with Crippen LogP contribution in [-0.2, 0) is 0 Å². The molecule has 0 aliphatic heterocycles. The maximum atomic E-state index is 9.42. The molecule has 0 fully saturated rings. The normalized spacial score (nSPS) is 12.8. The lowest BCUT2D eigenvalue weighted by Gasteiger charge is -2.10. The van der Waals surface area contributed by atoms with Crippen LogP contribution in [0.1, 0.15) is 18.9 Å². The largest absolute Gasteiger partial charge is 0.398 e. The van der Waals surface area contributed by atoms with Crippen LogP contribution >= 0.6 is 11.8 Å². The van der Waals surface area contributed by atoms with E-state index in [0.717, 1.165) is 22.6 Å². The molecule has 14 heavy (non-hydrogen) atoms. The number of benzene rings is 1. The number of anilines is 1. The van der Waals surface area contributed by atoms with Gasteiger partial charge in [-0.05, 0) is 25.0 Å². The minimum atomic E-state index is -0.236. The third-order valence-electron chi connectivity index (χ3n) is 2.19. The van der Waals surface area contributed by atoms with Crippen molar-refractivity contribution < 1.29 is 5.11 Å². The van der Waals surface area contributed by atoms with Crippen LogP contribution in [0, 0.1) is 6.92 Å². The van der Waals surface area contributed by atoms with Crippen molar-refractivity contribution in [3.8, 4) is 0 Å². The lowest BCUT2D eigenvalue weighted by molar-refractivity contribution is 0.195. The zero-order valence-electron chi connectivity index (χ0n) is 8.66. The highest BCUT2D eigenvalue weighted by Gasteiger charge is 2.05. The van der Waals surface area contributed by atoms with Gasteiger partial charge in [0.05, 0.1) is 6.10 Å². The molecule has 0 amide bonds. The first kappa shape index (κ1) is 11.4. The standard InChI is InChI=1S/C11H17NOS/c1-3-9(13)7-14-10-6-4-5-8(2)11(10)12/h4-6,9,13H,3,7,12H2,1-2H3. The van der Waals surface area contributed by atoms with Crippen molar-refractivity contribution in [3.63, 3.8) is 0 Å². The predicted octanol–water partition coefficient (Wildman–Crippen LogP) is 2.44. The molecule has 3 heteroatoms. The van der Waals surface area contributed by atoms with Crippen LogP contribution in [-0.4, -0.2) is 17.0 Å². The summed E-state index contributed by atoms with van der Waals surface area (Å²) < 4.78 is 0. The summed E-state index contributed by atoms with van der Waals surface area (Å²) in [4.78, 5) is 1.07. The number of hydrogen-bond donors (Lipinski definition) is 2. The fourth-order valence-corrected chi connectivity index (χ4v) is 2.18. The van der Waals surface area contributed by atoms with Gasteiger partial charge in [0, 0.05) is 16.3 Å². The molecule has 0 spiro atoms. The van der Waals surface area contributed by atoms with Crippen molar-refractivity contribution in [2.45, 2.75) is 31.3 Å². The number of nitrogens with two attached hydrogens (primary N) is 1. The lowest BCUT2D eigenvalue weighted by atomic mass is 10.2. The molecule has 3 N–H and O–H groups in total. The first-order valence-corrected chi connectivity index (χ1v) is 5.79. The van der Waals surface area contributed by atoms with Gasteiger partial charge in [0.2, 0.25) is 0 Å². The number of hydrogen-bond acceptors (Lipinski definition) is 3. The fourth-order valence-electron chi connectivity index (χ4n) is 1.08. The fraction of sp³-hybridized carbons (Fsp3) is 0.455. The third-order valence-corrected chi connectivity index (χ3v) is 3.41. The summed E-state index contributed by atoms with van der Waals surface area (Å²) in [6.07, 6.45) is 0.554. The van der Waals surface area contributed by atoms with Crippen molar-refractivity contribution in [3.05, 3.63) is 23.8 Å². The van der Waals surface area contributed by atoms with Gasteiger partial charge in [0.15, 0.2) is 0 Å². The Morgan fingerprint density at radius 3 is 2.86 bits per heavy atom. The molecule has 78 valence electrons. The highest BCUT2D eigenvalue weighted by atomic mass is 32.2. The Labute approximate surface area is 89.5 Å². The molecular formula is C11H17NOS. The molecule has 1 unspecified atom stereocenters. The van der Waals surface area contributed by atoms with Gasteiger partial charge in [-0.1, -0.05) is 19.1 Å². The van der Waals surface area contributed by atoms with E-state index in [9.17, 15) is 5.11 Å². The molecule has 1 aromatic rings. The summed E-state index contributed by atoms with van der Waals surface area (Å²) in [7, 11) is 0. The number of aryl methyl sites for hydroxylation is 1. The van der Waals surface area contributed by atoms with Gasteiger partial charge in [-0.25, -0.2) is 0 Å². The van der Waals surface area contributed by atoms with E-state index < -0.39 is 0 Å². The Balaban J connectivity index is 2.63. The zero-order valence-corrected chi connectivity index (χ0v) is 9.47. The number of para-hydroxylation sites is 1. The average molecular weight is 211 g/mol. The van der Waals surface area contributed by atoms with Gasteiger partial charge in [-0.15, -0.1) is 11.8 Å². The van der Waals surface area contributed by atoms with E-state index in [1.54, 1.807) is 11.8 Å². The van der Waals surface area contributed by atoms with E-state index >= 15 is 0 Å². The van der Waals surface area contributed by atoms with Crippen LogP contribution in [0.25, 0.3) is 0 Å². The van der Waals surface area contributed by atoms with Crippen LogP contribution in [0.15, 0.2) is 23.1 Å². The first-order chi connectivity index (χ1) is 6.65. The number of aliphatic hydroxyl groups is 1. The molecule has 0 saturated carbocycles. The van der Waals surface area contributed by atoms with Gasteiger partial charge >= 0.3 is 0 Å². The molecule has 0 aromatic heterocycles. The molecule has 1 atom stereocenters. The van der Waals surface area contributed by atoms with Crippen molar-refractivity contribution in [2.75, 3.05) is 11.5 Å². The lowest BCUT2D eigenvalue weighted by Crippen LogP contribution is -2.07. The highest BCUT2D eigenvalue weighted by molar-refractivity contribution is 7.99. The molecule has 2 nitrogen and oxygen atoms in total. The molecular weight excluding hydrogens is 194 g/mol. The summed E-state index contributed by atoms with van der Waals surface area (Å²) in [5.41, 5.74) is 7.84. The molecule has 0 saturated heterocycles. The summed E-state index contributed by atoms with van der Waals surface area (Å²) in [5.74, 6) is 0.712. The number of aliphatic hydroxyl groups excluding tert-OH is 1. The van der Waals surface area contributed by atoms with E-state index in [0.29, 0.717) is 5.75 Å². The van der Waals surface area contributed by atoms with Crippen molar-refractivity contribution >= 4 is 17.4 Å².